The molecule has 0 aliphatic rings. The Bertz CT molecular complexity index is 72.4. The first-order valence-electron chi connectivity index (χ1n) is 2.37. The fourth-order valence-electron chi connectivity index (χ4n) is 0.132. The molecule has 0 amide bonds. The van der Waals surface area contributed by atoms with Gasteiger partial charge in [-0.1, -0.05) is 0 Å². The lowest BCUT2D eigenvalue weighted by Gasteiger charge is -2.24. The van der Waals surface area contributed by atoms with E-state index in [-0.39, 0.29) is 0 Å². The molecule has 0 saturated heterocycles. The van der Waals surface area contributed by atoms with Crippen molar-refractivity contribution in [2.24, 2.45) is 11.5 Å². The predicted octanol–water partition coefficient (Wildman–Crippen LogP) is -2.03. The molecule has 0 aliphatic carbocycles. The maximum Gasteiger partial charge on any atom is 0.114 e. The van der Waals surface area contributed by atoms with E-state index in [1.54, 1.807) is 0 Å². The van der Waals surface area contributed by atoms with Crippen LogP contribution in [-0.2, 0) is 0 Å². The zero-order valence-corrected chi connectivity index (χ0v) is 4.83. The summed E-state index contributed by atoms with van der Waals surface area (Å²) in [6.45, 7) is 1.01. The Hall–Kier alpha value is -0.160. The second-order valence-corrected chi connectivity index (χ2v) is 1.95. The Morgan fingerprint density at radius 3 is 2.00 bits per heavy atom. The van der Waals surface area contributed by atoms with Crippen molar-refractivity contribution in [2.45, 2.75) is 18.7 Å². The summed E-state index contributed by atoms with van der Waals surface area (Å²) in [5, 5.41) is 17.0. The summed E-state index contributed by atoms with van der Waals surface area (Å²) < 4.78 is 0. The van der Waals surface area contributed by atoms with E-state index in [1.807, 2.05) is 0 Å². The van der Waals surface area contributed by atoms with Crippen LogP contribution in [0.5, 0.6) is 0 Å². The van der Waals surface area contributed by atoms with E-state index in [2.05, 4.69) is 0 Å². The Morgan fingerprint density at radius 2 is 2.00 bits per heavy atom. The molecule has 0 rings (SSSR count). The molecule has 0 aliphatic heterocycles. The zero-order valence-electron chi connectivity index (χ0n) is 4.83. The standard InChI is InChI=1S/C4H12N2O2/c1-3(8)4(5,6)2-7/h3,7-8H,2,5-6H2,1H3. The van der Waals surface area contributed by atoms with Gasteiger partial charge < -0.3 is 21.7 Å². The molecule has 0 bridgehead atoms. The lowest BCUT2D eigenvalue weighted by molar-refractivity contribution is 0.0593. The third kappa shape index (κ3) is 1.75. The van der Waals surface area contributed by atoms with Gasteiger partial charge in [-0.05, 0) is 6.92 Å². The van der Waals surface area contributed by atoms with Gasteiger partial charge in [0.2, 0.25) is 0 Å². The van der Waals surface area contributed by atoms with E-state index in [0.717, 1.165) is 0 Å². The molecule has 0 aromatic heterocycles. The molecule has 4 heteroatoms. The van der Waals surface area contributed by atoms with Crippen LogP contribution in [0.25, 0.3) is 0 Å². The van der Waals surface area contributed by atoms with E-state index in [4.69, 9.17) is 21.7 Å². The molecule has 0 saturated carbocycles. The summed E-state index contributed by atoms with van der Waals surface area (Å²) >= 11 is 0. The highest BCUT2D eigenvalue weighted by Crippen LogP contribution is 1.94. The number of rotatable bonds is 2. The molecule has 0 aromatic carbocycles. The molecule has 0 fully saturated rings. The van der Waals surface area contributed by atoms with Crippen molar-refractivity contribution in [1.82, 2.24) is 0 Å². The number of hydrogen-bond donors (Lipinski definition) is 4. The van der Waals surface area contributed by atoms with Crippen molar-refractivity contribution in [3.8, 4) is 0 Å². The van der Waals surface area contributed by atoms with Crippen molar-refractivity contribution < 1.29 is 10.2 Å². The van der Waals surface area contributed by atoms with Crippen LogP contribution in [0.3, 0.4) is 0 Å². The van der Waals surface area contributed by atoms with E-state index >= 15 is 0 Å². The molecule has 0 heterocycles. The van der Waals surface area contributed by atoms with Gasteiger partial charge in [0.25, 0.3) is 0 Å². The second kappa shape index (κ2) is 2.41. The minimum atomic E-state index is -1.35. The highest BCUT2D eigenvalue weighted by atomic mass is 16.3. The summed E-state index contributed by atoms with van der Waals surface area (Å²) in [6, 6.07) is 0. The molecule has 4 nitrogen and oxygen atoms in total. The van der Waals surface area contributed by atoms with Gasteiger partial charge in [0.05, 0.1) is 12.7 Å². The monoisotopic (exact) mass is 120 g/mol. The summed E-state index contributed by atoms with van der Waals surface area (Å²) in [4.78, 5) is 0. The van der Waals surface area contributed by atoms with Crippen LogP contribution in [0.1, 0.15) is 6.92 Å². The second-order valence-electron chi connectivity index (χ2n) is 1.95. The molecule has 6 N–H and O–H groups in total. The highest BCUT2D eigenvalue weighted by molar-refractivity contribution is 4.80. The molecule has 0 radical (unpaired) electrons. The van der Waals surface area contributed by atoms with Crippen molar-refractivity contribution >= 4 is 0 Å². The Balaban J connectivity index is 3.71. The summed E-state index contributed by atoms with van der Waals surface area (Å²) in [6.07, 6.45) is -0.882. The van der Waals surface area contributed by atoms with Crippen LogP contribution in [-0.4, -0.2) is 28.6 Å². The van der Waals surface area contributed by atoms with E-state index in [9.17, 15) is 0 Å². The number of hydrogen-bond acceptors (Lipinski definition) is 4. The van der Waals surface area contributed by atoms with Gasteiger partial charge in [-0.2, -0.15) is 0 Å². The fraction of sp³-hybridized carbons (Fsp3) is 1.00. The molecule has 8 heavy (non-hydrogen) atoms. The molecule has 0 aromatic rings. The average Bonchev–Trinajstić information content (AvgIpc) is 1.67. The SMILES string of the molecule is CC(O)C(N)(N)CO. The maximum absolute atomic E-state index is 8.67. The molecule has 1 atom stereocenters. The van der Waals surface area contributed by atoms with E-state index in [0.29, 0.717) is 0 Å². The third-order valence-electron chi connectivity index (χ3n) is 1.05. The molecule has 1 unspecified atom stereocenters. The Kier molecular flexibility index (Phi) is 2.36. The number of nitrogens with two attached hydrogens (primary N) is 2. The lowest BCUT2D eigenvalue weighted by atomic mass is 10.1. The lowest BCUT2D eigenvalue weighted by Crippen LogP contribution is -2.60. The highest BCUT2D eigenvalue weighted by Gasteiger charge is 2.23. The third-order valence-corrected chi connectivity index (χ3v) is 1.05. The smallest absolute Gasteiger partial charge is 0.114 e. The van der Waals surface area contributed by atoms with Crippen molar-refractivity contribution in [3.63, 3.8) is 0 Å². The molecule has 50 valence electrons. The van der Waals surface area contributed by atoms with Crippen molar-refractivity contribution in [3.05, 3.63) is 0 Å². The molecule has 0 spiro atoms. The summed E-state index contributed by atoms with van der Waals surface area (Å²) in [5.74, 6) is 0. The van der Waals surface area contributed by atoms with Gasteiger partial charge in [-0.3, -0.25) is 0 Å². The first-order valence-corrected chi connectivity index (χ1v) is 2.37. The summed E-state index contributed by atoms with van der Waals surface area (Å²) in [7, 11) is 0. The van der Waals surface area contributed by atoms with Gasteiger partial charge in [-0.25, -0.2) is 0 Å². The number of aliphatic hydroxyl groups excluding tert-OH is 2. The van der Waals surface area contributed by atoms with Gasteiger partial charge in [0.15, 0.2) is 0 Å². The predicted molar refractivity (Wildman–Crippen MR) is 29.9 cm³/mol. The van der Waals surface area contributed by atoms with Gasteiger partial charge in [0, 0.05) is 0 Å². The normalized spacial score (nSPS) is 16.1. The summed E-state index contributed by atoms with van der Waals surface area (Å²) in [5.41, 5.74) is 8.93. The molecular weight excluding hydrogens is 108 g/mol. The van der Waals surface area contributed by atoms with Crippen LogP contribution in [0, 0.1) is 0 Å². The van der Waals surface area contributed by atoms with Crippen molar-refractivity contribution in [2.75, 3.05) is 6.61 Å². The first-order chi connectivity index (χ1) is 3.50. The average molecular weight is 120 g/mol. The number of aliphatic hydroxyl groups is 2. The Morgan fingerprint density at radius 1 is 1.62 bits per heavy atom. The Labute approximate surface area is 48.1 Å². The van der Waals surface area contributed by atoms with Gasteiger partial charge >= 0.3 is 0 Å². The largest absolute Gasteiger partial charge is 0.393 e. The minimum Gasteiger partial charge on any atom is -0.393 e. The van der Waals surface area contributed by atoms with Crippen LogP contribution in [0.4, 0.5) is 0 Å². The van der Waals surface area contributed by atoms with E-state index < -0.39 is 18.4 Å². The fourth-order valence-corrected chi connectivity index (χ4v) is 0.132. The van der Waals surface area contributed by atoms with Crippen LogP contribution < -0.4 is 11.5 Å². The van der Waals surface area contributed by atoms with E-state index in [1.165, 1.54) is 6.92 Å². The van der Waals surface area contributed by atoms with Gasteiger partial charge in [0.1, 0.15) is 5.66 Å². The topological polar surface area (TPSA) is 92.5 Å². The quantitative estimate of drug-likeness (QED) is 0.316. The maximum atomic E-state index is 8.67. The van der Waals surface area contributed by atoms with Crippen LogP contribution in [0.2, 0.25) is 0 Å². The van der Waals surface area contributed by atoms with Crippen LogP contribution >= 0.6 is 0 Å². The van der Waals surface area contributed by atoms with Crippen LogP contribution in [0.15, 0.2) is 0 Å². The first kappa shape index (κ1) is 7.84. The van der Waals surface area contributed by atoms with Gasteiger partial charge in [-0.15, -0.1) is 0 Å². The zero-order chi connectivity index (χ0) is 6.78. The van der Waals surface area contributed by atoms with Crippen molar-refractivity contribution in [1.29, 1.82) is 0 Å². The minimum absolute atomic E-state index is 0.412. The molecular formula is C4H12N2O2.